The lowest BCUT2D eigenvalue weighted by Crippen LogP contribution is -2.32. The van der Waals surface area contributed by atoms with Gasteiger partial charge in [-0.05, 0) is 0 Å². The molecule has 0 aliphatic heterocycles. The summed E-state index contributed by atoms with van der Waals surface area (Å²) >= 11 is 0. The van der Waals surface area contributed by atoms with Crippen LogP contribution in [0.3, 0.4) is 0 Å². The third-order valence-electron chi connectivity index (χ3n) is 0.961. The highest BCUT2D eigenvalue weighted by atomic mass is 15.3. The van der Waals surface area contributed by atoms with Crippen molar-refractivity contribution >= 4 is 0 Å². The van der Waals surface area contributed by atoms with Gasteiger partial charge in [0.05, 0.1) is 42.3 Å². The first-order valence-electron chi connectivity index (χ1n) is 3.53. The van der Waals surface area contributed by atoms with Crippen molar-refractivity contribution < 1.29 is 8.97 Å². The molecule has 0 amide bonds. The van der Waals surface area contributed by atoms with Crippen molar-refractivity contribution in [1.82, 2.24) is 0 Å². The molecule has 0 atom stereocenters. The SMILES string of the molecule is C[N+](C)(C)C=C[N+](C)(C)C. The lowest BCUT2D eigenvalue weighted by molar-refractivity contribution is -0.846. The number of hydrogen-bond acceptors (Lipinski definition) is 0. The molecule has 0 spiro atoms. The number of nitrogens with zero attached hydrogens (tertiary/aromatic N) is 2. The van der Waals surface area contributed by atoms with Crippen LogP contribution >= 0.6 is 0 Å². The Kier molecular flexibility index (Phi) is 2.63. The molecule has 0 N–H and O–H groups in total. The van der Waals surface area contributed by atoms with Gasteiger partial charge in [-0.15, -0.1) is 0 Å². The van der Waals surface area contributed by atoms with Gasteiger partial charge in [0.1, 0.15) is 12.4 Å². The Labute approximate surface area is 64.5 Å². The van der Waals surface area contributed by atoms with Gasteiger partial charge in [-0.25, -0.2) is 0 Å². The van der Waals surface area contributed by atoms with Crippen LogP contribution in [0, 0.1) is 0 Å². The first-order valence-corrected chi connectivity index (χ1v) is 3.53. The highest BCUT2D eigenvalue weighted by molar-refractivity contribution is 4.59. The first-order chi connectivity index (χ1) is 4.21. The minimum absolute atomic E-state index is 0.884. The topological polar surface area (TPSA) is 0 Å². The van der Waals surface area contributed by atoms with Gasteiger partial charge in [-0.1, -0.05) is 0 Å². The van der Waals surface area contributed by atoms with Crippen molar-refractivity contribution in [3.63, 3.8) is 0 Å². The van der Waals surface area contributed by atoms with E-state index in [1.165, 1.54) is 0 Å². The fourth-order valence-electron chi connectivity index (χ4n) is 0.400. The monoisotopic (exact) mass is 144 g/mol. The first kappa shape index (κ1) is 9.66. The molecule has 0 saturated carbocycles. The molecule has 60 valence electrons. The molecule has 0 aromatic rings. The van der Waals surface area contributed by atoms with Gasteiger partial charge in [0.25, 0.3) is 0 Å². The predicted octanol–water partition coefficient (Wildman–Crippen LogP) is 0.870. The molecule has 10 heavy (non-hydrogen) atoms. The van der Waals surface area contributed by atoms with Crippen LogP contribution in [-0.4, -0.2) is 51.3 Å². The van der Waals surface area contributed by atoms with Gasteiger partial charge in [0.15, 0.2) is 0 Å². The molecule has 0 unspecified atom stereocenters. The van der Waals surface area contributed by atoms with Crippen LogP contribution in [-0.2, 0) is 0 Å². The molecule has 0 rings (SSSR count). The van der Waals surface area contributed by atoms with Crippen molar-refractivity contribution in [2.24, 2.45) is 0 Å². The van der Waals surface area contributed by atoms with Crippen molar-refractivity contribution in [2.45, 2.75) is 0 Å². The fraction of sp³-hybridized carbons (Fsp3) is 0.750. The van der Waals surface area contributed by atoms with Gasteiger partial charge < -0.3 is 8.97 Å². The van der Waals surface area contributed by atoms with Crippen LogP contribution in [0.1, 0.15) is 0 Å². The quantitative estimate of drug-likeness (QED) is 0.504. The van der Waals surface area contributed by atoms with Crippen LogP contribution in [0.4, 0.5) is 0 Å². The molecule has 0 bridgehead atoms. The zero-order valence-electron chi connectivity index (χ0n) is 8.05. The Morgan fingerprint density at radius 1 is 0.600 bits per heavy atom. The predicted molar refractivity (Wildman–Crippen MR) is 45.2 cm³/mol. The van der Waals surface area contributed by atoms with E-state index < -0.39 is 0 Å². The summed E-state index contributed by atoms with van der Waals surface area (Å²) < 4.78 is 1.77. The van der Waals surface area contributed by atoms with Gasteiger partial charge in [0.2, 0.25) is 0 Å². The van der Waals surface area contributed by atoms with E-state index in [9.17, 15) is 0 Å². The molecule has 0 fully saturated rings. The maximum Gasteiger partial charge on any atom is 0.149 e. The molecule has 0 aliphatic rings. The van der Waals surface area contributed by atoms with E-state index in [2.05, 4.69) is 54.7 Å². The van der Waals surface area contributed by atoms with Crippen molar-refractivity contribution in [1.29, 1.82) is 0 Å². The molecule has 0 aromatic carbocycles. The lowest BCUT2D eigenvalue weighted by Gasteiger charge is -2.21. The molecule has 0 radical (unpaired) electrons. The Hall–Kier alpha value is -0.340. The van der Waals surface area contributed by atoms with Crippen LogP contribution < -0.4 is 0 Å². The van der Waals surface area contributed by atoms with Crippen molar-refractivity contribution in [3.05, 3.63) is 12.4 Å². The summed E-state index contributed by atoms with van der Waals surface area (Å²) in [5.41, 5.74) is 0. The maximum absolute atomic E-state index is 2.18. The van der Waals surface area contributed by atoms with Crippen LogP contribution in [0.15, 0.2) is 12.4 Å². The molecule has 0 saturated heterocycles. The summed E-state index contributed by atoms with van der Waals surface area (Å²) in [6.07, 6.45) is 4.36. The third kappa shape index (κ3) is 7.66. The number of hydrogen-bond donors (Lipinski definition) is 0. The van der Waals surface area contributed by atoms with Crippen molar-refractivity contribution in [2.75, 3.05) is 42.3 Å². The highest BCUT2D eigenvalue weighted by Crippen LogP contribution is 1.96. The average Bonchev–Trinajstić information content (AvgIpc) is 1.57. The number of rotatable bonds is 2. The van der Waals surface area contributed by atoms with E-state index in [1.54, 1.807) is 0 Å². The summed E-state index contributed by atoms with van der Waals surface area (Å²) in [7, 11) is 12.9. The maximum atomic E-state index is 2.18. The molecule has 0 aliphatic carbocycles. The summed E-state index contributed by atoms with van der Waals surface area (Å²) in [5, 5.41) is 0. The van der Waals surface area contributed by atoms with Crippen LogP contribution in [0.2, 0.25) is 0 Å². The molecule has 2 nitrogen and oxygen atoms in total. The second-order valence-corrected chi connectivity index (χ2v) is 4.53. The standard InChI is InChI=1S/C8H20N2/c1-9(2,3)7-8-10(4,5)6/h7-8H,1-6H3/q+2. The van der Waals surface area contributed by atoms with Crippen molar-refractivity contribution in [3.8, 4) is 0 Å². The minimum atomic E-state index is 0.884. The Morgan fingerprint density at radius 3 is 0.900 bits per heavy atom. The fourth-order valence-corrected chi connectivity index (χ4v) is 0.400. The summed E-state index contributed by atoms with van der Waals surface area (Å²) in [6, 6.07) is 0. The smallest absolute Gasteiger partial charge is 0.149 e. The summed E-state index contributed by atoms with van der Waals surface area (Å²) in [4.78, 5) is 0. The van der Waals surface area contributed by atoms with E-state index in [0.717, 1.165) is 8.97 Å². The van der Waals surface area contributed by atoms with Gasteiger partial charge in [-0.2, -0.15) is 0 Å². The zero-order valence-corrected chi connectivity index (χ0v) is 8.05. The zero-order chi connectivity index (χ0) is 8.41. The Morgan fingerprint density at radius 2 is 0.800 bits per heavy atom. The van der Waals surface area contributed by atoms with E-state index in [-0.39, 0.29) is 0 Å². The Balaban J connectivity index is 4.01. The molecule has 2 heteroatoms. The van der Waals surface area contributed by atoms with E-state index in [1.807, 2.05) is 0 Å². The van der Waals surface area contributed by atoms with Crippen LogP contribution in [0.5, 0.6) is 0 Å². The number of quaternary nitrogens is 2. The van der Waals surface area contributed by atoms with Crippen LogP contribution in [0.25, 0.3) is 0 Å². The third-order valence-corrected chi connectivity index (χ3v) is 0.961. The largest absolute Gasteiger partial charge is 0.300 e. The average molecular weight is 144 g/mol. The highest BCUT2D eigenvalue weighted by Gasteiger charge is 2.06. The van der Waals surface area contributed by atoms with E-state index in [0.29, 0.717) is 0 Å². The second kappa shape index (κ2) is 2.72. The lowest BCUT2D eigenvalue weighted by atomic mass is 10.6. The van der Waals surface area contributed by atoms with E-state index in [4.69, 9.17) is 0 Å². The summed E-state index contributed by atoms with van der Waals surface area (Å²) in [5.74, 6) is 0. The summed E-state index contributed by atoms with van der Waals surface area (Å²) in [6.45, 7) is 0. The molecular weight excluding hydrogens is 124 g/mol. The Bertz CT molecular complexity index is 107. The van der Waals surface area contributed by atoms with Gasteiger partial charge in [-0.3, -0.25) is 0 Å². The van der Waals surface area contributed by atoms with Gasteiger partial charge >= 0.3 is 0 Å². The van der Waals surface area contributed by atoms with Gasteiger partial charge in [0, 0.05) is 0 Å². The van der Waals surface area contributed by atoms with E-state index >= 15 is 0 Å². The molecule has 0 heterocycles. The normalized spacial score (nSPS) is 14.6. The molecule has 0 aromatic heterocycles. The molecular formula is C8H20N2+2. The minimum Gasteiger partial charge on any atom is -0.300 e. The second-order valence-electron chi connectivity index (χ2n) is 4.53.